The fourth-order valence-corrected chi connectivity index (χ4v) is 4.03. The van der Waals surface area contributed by atoms with Crippen molar-refractivity contribution in [3.05, 3.63) is 65.0 Å². The number of benzene rings is 1. The summed E-state index contributed by atoms with van der Waals surface area (Å²) in [6.45, 7) is 4.06. The molecule has 10 heteroatoms. The van der Waals surface area contributed by atoms with Crippen LogP contribution in [0.3, 0.4) is 0 Å². The van der Waals surface area contributed by atoms with Crippen molar-refractivity contribution in [2.75, 3.05) is 18.4 Å². The van der Waals surface area contributed by atoms with Crippen molar-refractivity contribution < 1.29 is 27.9 Å². The number of amides is 3. The van der Waals surface area contributed by atoms with E-state index in [2.05, 4.69) is 10.3 Å². The molecule has 1 aromatic heterocycles. The van der Waals surface area contributed by atoms with Crippen LogP contribution in [0.2, 0.25) is 0 Å². The zero-order valence-electron chi connectivity index (χ0n) is 18.8. The van der Waals surface area contributed by atoms with Gasteiger partial charge in [-0.25, -0.2) is 4.79 Å². The van der Waals surface area contributed by atoms with Crippen molar-refractivity contribution in [2.24, 2.45) is 0 Å². The second-order valence-corrected chi connectivity index (χ2v) is 8.98. The van der Waals surface area contributed by atoms with Gasteiger partial charge in [0.2, 0.25) is 0 Å². The van der Waals surface area contributed by atoms with Crippen LogP contribution >= 0.6 is 0 Å². The minimum atomic E-state index is -4.48. The molecule has 0 atom stereocenters. The molecule has 2 N–H and O–H groups in total. The van der Waals surface area contributed by atoms with Crippen LogP contribution in [0.25, 0.3) is 5.57 Å². The molecule has 180 valence electrons. The van der Waals surface area contributed by atoms with Gasteiger partial charge in [-0.3, -0.25) is 9.78 Å². The largest absolute Gasteiger partial charge is 0.417 e. The summed E-state index contributed by atoms with van der Waals surface area (Å²) in [6.07, 6.45) is -1.09. The number of hydrogen-bond donors (Lipinski definition) is 2. The van der Waals surface area contributed by atoms with Crippen LogP contribution in [0.1, 0.15) is 42.7 Å². The van der Waals surface area contributed by atoms with E-state index in [1.54, 1.807) is 17.0 Å². The lowest BCUT2D eigenvalue weighted by Crippen LogP contribution is -2.46. The average Bonchev–Trinajstić information content (AvgIpc) is 3.22. The third kappa shape index (κ3) is 5.06. The van der Waals surface area contributed by atoms with E-state index in [4.69, 9.17) is 0 Å². The first-order chi connectivity index (χ1) is 15.9. The van der Waals surface area contributed by atoms with E-state index in [1.165, 1.54) is 18.7 Å². The summed E-state index contributed by atoms with van der Waals surface area (Å²) < 4.78 is 38.7. The van der Waals surface area contributed by atoms with Gasteiger partial charge in [0.25, 0.3) is 5.91 Å². The quantitative estimate of drug-likeness (QED) is 0.703. The number of urea groups is 1. The van der Waals surface area contributed by atoms with Crippen LogP contribution < -0.4 is 5.32 Å². The molecule has 2 aromatic rings. The van der Waals surface area contributed by atoms with Crippen LogP contribution in [-0.4, -0.2) is 50.5 Å². The maximum absolute atomic E-state index is 12.9. The number of nitrogens with one attached hydrogen (secondary N) is 1. The Hall–Kier alpha value is -3.40. The first-order valence-electron chi connectivity index (χ1n) is 10.8. The van der Waals surface area contributed by atoms with E-state index in [1.807, 2.05) is 18.2 Å². The summed E-state index contributed by atoms with van der Waals surface area (Å²) in [5.41, 5.74) is 1.21. The molecule has 4 rings (SSSR count). The Morgan fingerprint density at radius 3 is 2.38 bits per heavy atom. The third-order valence-electron chi connectivity index (χ3n) is 5.90. The summed E-state index contributed by atoms with van der Waals surface area (Å²) in [7, 11) is 0. The van der Waals surface area contributed by atoms with Gasteiger partial charge in [-0.05, 0) is 55.2 Å². The smallest absolute Gasteiger partial charge is 0.381 e. The van der Waals surface area contributed by atoms with Gasteiger partial charge in [-0.1, -0.05) is 18.2 Å². The Kier molecular flexibility index (Phi) is 6.11. The van der Waals surface area contributed by atoms with Gasteiger partial charge in [-0.2, -0.15) is 13.2 Å². The van der Waals surface area contributed by atoms with E-state index in [9.17, 15) is 27.9 Å². The number of fused-ring (bicyclic) bond motifs is 1. The Balaban J connectivity index is 1.36. The fraction of sp³-hybridized carbons (Fsp3) is 0.375. The van der Waals surface area contributed by atoms with Gasteiger partial charge in [-0.15, -0.1) is 0 Å². The molecule has 3 amide bonds. The molecule has 0 fully saturated rings. The lowest BCUT2D eigenvalue weighted by Gasteiger charge is -2.31. The molecule has 0 aliphatic carbocycles. The van der Waals surface area contributed by atoms with Crippen molar-refractivity contribution in [1.29, 1.82) is 0 Å². The van der Waals surface area contributed by atoms with Crippen molar-refractivity contribution in [3.8, 4) is 0 Å². The number of nitrogens with zero attached hydrogens (tertiary/aromatic N) is 3. The van der Waals surface area contributed by atoms with Crippen molar-refractivity contribution in [2.45, 2.75) is 45.1 Å². The highest BCUT2D eigenvalue weighted by molar-refractivity contribution is 5.90. The Labute approximate surface area is 194 Å². The Morgan fingerprint density at radius 1 is 1.09 bits per heavy atom. The number of rotatable bonds is 3. The molecular formula is C24H25F3N4O3. The SMILES string of the molecule is CC(C)(O)C(=O)N1CC=C(c2ccc(NC(=O)N3Cc4cc(C(F)(F)F)cnc4C3)cc2)CC1. The van der Waals surface area contributed by atoms with E-state index in [-0.39, 0.29) is 19.0 Å². The zero-order valence-corrected chi connectivity index (χ0v) is 18.8. The van der Waals surface area contributed by atoms with E-state index in [0.717, 1.165) is 23.4 Å². The summed E-state index contributed by atoms with van der Waals surface area (Å²) in [6, 6.07) is 7.86. The van der Waals surface area contributed by atoms with Gasteiger partial charge in [0.05, 0.1) is 17.8 Å². The van der Waals surface area contributed by atoms with Crippen LogP contribution in [0.5, 0.6) is 0 Å². The molecule has 0 bridgehead atoms. The maximum atomic E-state index is 12.9. The highest BCUT2D eigenvalue weighted by atomic mass is 19.4. The molecule has 2 aliphatic heterocycles. The lowest BCUT2D eigenvalue weighted by molar-refractivity contribution is -0.147. The second-order valence-electron chi connectivity index (χ2n) is 8.98. The minimum Gasteiger partial charge on any atom is -0.381 e. The van der Waals surface area contributed by atoms with Crippen molar-refractivity contribution >= 4 is 23.2 Å². The number of carbonyl (C=O) groups is 2. The molecule has 0 saturated heterocycles. The summed E-state index contributed by atoms with van der Waals surface area (Å²) in [5, 5.41) is 12.7. The van der Waals surface area contributed by atoms with Gasteiger partial charge < -0.3 is 20.2 Å². The summed E-state index contributed by atoms with van der Waals surface area (Å²) >= 11 is 0. The van der Waals surface area contributed by atoms with Crippen molar-refractivity contribution in [1.82, 2.24) is 14.8 Å². The molecule has 1 aromatic carbocycles. The number of alkyl halides is 3. The first kappa shape index (κ1) is 23.7. The van der Waals surface area contributed by atoms with Gasteiger partial charge in [0.1, 0.15) is 5.60 Å². The van der Waals surface area contributed by atoms with Crippen LogP contribution in [0, 0.1) is 0 Å². The monoisotopic (exact) mass is 474 g/mol. The fourth-order valence-electron chi connectivity index (χ4n) is 4.03. The molecule has 0 saturated carbocycles. The predicted molar refractivity (Wildman–Crippen MR) is 119 cm³/mol. The zero-order chi connectivity index (χ0) is 24.7. The second kappa shape index (κ2) is 8.75. The highest BCUT2D eigenvalue weighted by Crippen LogP contribution is 2.32. The number of aliphatic hydroxyl groups is 1. The number of pyridine rings is 1. The summed E-state index contributed by atoms with van der Waals surface area (Å²) in [5.74, 6) is -0.310. The number of anilines is 1. The average molecular weight is 474 g/mol. The molecular weight excluding hydrogens is 449 g/mol. The third-order valence-corrected chi connectivity index (χ3v) is 5.90. The normalized spacial score (nSPS) is 16.2. The standard InChI is InChI=1S/C24H25F3N4O3/c1-23(2,34)21(32)30-9-7-16(8-10-30)15-3-5-19(6-4-15)29-22(33)31-13-17-11-18(24(25,26)27)12-28-20(17)14-31/h3-7,11-12,34H,8-10,13-14H2,1-2H3,(H,29,33). The molecule has 34 heavy (non-hydrogen) atoms. The predicted octanol–water partition coefficient (Wildman–Crippen LogP) is 4.03. The minimum absolute atomic E-state index is 0.0585. The number of carbonyl (C=O) groups excluding carboxylic acids is 2. The Morgan fingerprint density at radius 2 is 1.79 bits per heavy atom. The molecule has 7 nitrogen and oxygen atoms in total. The highest BCUT2D eigenvalue weighted by Gasteiger charge is 2.34. The van der Waals surface area contributed by atoms with E-state index < -0.39 is 23.4 Å². The van der Waals surface area contributed by atoms with Crippen LogP contribution in [0.15, 0.2) is 42.6 Å². The maximum Gasteiger partial charge on any atom is 0.417 e. The molecule has 0 spiro atoms. The van der Waals surface area contributed by atoms with Crippen LogP contribution in [0.4, 0.5) is 23.7 Å². The lowest BCUT2D eigenvalue weighted by atomic mass is 9.98. The van der Waals surface area contributed by atoms with Gasteiger partial charge in [0, 0.05) is 31.5 Å². The number of aromatic nitrogens is 1. The molecule has 2 aliphatic rings. The summed E-state index contributed by atoms with van der Waals surface area (Å²) in [4.78, 5) is 31.7. The van der Waals surface area contributed by atoms with Crippen molar-refractivity contribution in [3.63, 3.8) is 0 Å². The molecule has 3 heterocycles. The van der Waals surface area contributed by atoms with E-state index >= 15 is 0 Å². The van der Waals surface area contributed by atoms with Crippen LogP contribution in [-0.2, 0) is 24.1 Å². The molecule has 0 radical (unpaired) electrons. The molecule has 0 unspecified atom stereocenters. The van der Waals surface area contributed by atoms with Gasteiger partial charge >= 0.3 is 12.2 Å². The Bertz CT molecular complexity index is 1140. The first-order valence-corrected chi connectivity index (χ1v) is 10.8. The number of halogens is 3. The topological polar surface area (TPSA) is 85.8 Å². The van der Waals surface area contributed by atoms with Gasteiger partial charge in [0.15, 0.2) is 0 Å². The number of hydrogen-bond acceptors (Lipinski definition) is 4. The van der Waals surface area contributed by atoms with E-state index in [0.29, 0.717) is 36.5 Å².